The summed E-state index contributed by atoms with van der Waals surface area (Å²) >= 11 is 0. The zero-order valence-electron chi connectivity index (χ0n) is 7.68. The Labute approximate surface area is 74.0 Å². The summed E-state index contributed by atoms with van der Waals surface area (Å²) in [7, 11) is 0. The summed E-state index contributed by atoms with van der Waals surface area (Å²) in [5.41, 5.74) is 0. The molecule has 0 aromatic rings. The minimum absolute atomic E-state index is 0.0332. The summed E-state index contributed by atoms with van der Waals surface area (Å²) in [6.45, 7) is 5.68. The van der Waals surface area contributed by atoms with Crippen LogP contribution >= 0.6 is 0 Å². The highest BCUT2D eigenvalue weighted by atomic mass is 16.1. The fraction of sp³-hybridized carbons (Fsp3) is 0.700. The molecule has 1 rings (SSSR count). The second-order valence-electron chi connectivity index (χ2n) is 3.68. The van der Waals surface area contributed by atoms with Gasteiger partial charge in [-0.05, 0) is 24.8 Å². The SMILES string of the molecule is C=CC(=O)NC1CCC[C@@H](C)C1. The van der Waals surface area contributed by atoms with Gasteiger partial charge >= 0.3 is 0 Å². The smallest absolute Gasteiger partial charge is 0.243 e. The van der Waals surface area contributed by atoms with Gasteiger partial charge < -0.3 is 5.32 Å². The van der Waals surface area contributed by atoms with Crippen molar-refractivity contribution in [3.8, 4) is 0 Å². The predicted octanol–water partition coefficient (Wildman–Crippen LogP) is 1.87. The van der Waals surface area contributed by atoms with Crippen LogP contribution in [0.2, 0.25) is 0 Å². The molecule has 12 heavy (non-hydrogen) atoms. The average Bonchev–Trinajstić information content (AvgIpc) is 2.04. The number of hydrogen-bond donors (Lipinski definition) is 1. The van der Waals surface area contributed by atoms with E-state index in [1.807, 2.05) is 0 Å². The van der Waals surface area contributed by atoms with Crippen LogP contribution in [0.4, 0.5) is 0 Å². The van der Waals surface area contributed by atoms with Gasteiger partial charge in [-0.2, -0.15) is 0 Å². The Morgan fingerprint density at radius 1 is 1.58 bits per heavy atom. The van der Waals surface area contributed by atoms with E-state index in [0.717, 1.165) is 18.8 Å². The zero-order valence-corrected chi connectivity index (χ0v) is 7.68. The van der Waals surface area contributed by atoms with Crippen molar-refractivity contribution in [1.82, 2.24) is 5.32 Å². The van der Waals surface area contributed by atoms with E-state index in [4.69, 9.17) is 0 Å². The second-order valence-corrected chi connectivity index (χ2v) is 3.68. The Morgan fingerprint density at radius 2 is 2.33 bits per heavy atom. The first kappa shape index (κ1) is 9.30. The van der Waals surface area contributed by atoms with Crippen molar-refractivity contribution >= 4 is 5.91 Å². The van der Waals surface area contributed by atoms with Gasteiger partial charge in [-0.1, -0.05) is 26.3 Å². The monoisotopic (exact) mass is 167 g/mol. The molecule has 0 aromatic heterocycles. The number of amides is 1. The molecule has 1 unspecified atom stereocenters. The number of carbonyl (C=O) groups excluding carboxylic acids is 1. The second kappa shape index (κ2) is 4.29. The lowest BCUT2D eigenvalue weighted by atomic mass is 9.87. The van der Waals surface area contributed by atoms with Crippen LogP contribution in [0, 0.1) is 5.92 Å². The molecule has 2 heteroatoms. The van der Waals surface area contributed by atoms with Crippen molar-refractivity contribution in [2.24, 2.45) is 5.92 Å². The van der Waals surface area contributed by atoms with Gasteiger partial charge in [0.05, 0.1) is 0 Å². The Morgan fingerprint density at radius 3 is 2.92 bits per heavy atom. The molecule has 1 aliphatic rings. The van der Waals surface area contributed by atoms with Crippen LogP contribution < -0.4 is 5.32 Å². The van der Waals surface area contributed by atoms with Gasteiger partial charge in [0.15, 0.2) is 0 Å². The Hall–Kier alpha value is -0.790. The van der Waals surface area contributed by atoms with Crippen LogP contribution in [0.15, 0.2) is 12.7 Å². The molecule has 1 amide bonds. The lowest BCUT2D eigenvalue weighted by Gasteiger charge is -2.26. The van der Waals surface area contributed by atoms with E-state index in [9.17, 15) is 4.79 Å². The number of carbonyl (C=O) groups is 1. The highest BCUT2D eigenvalue weighted by molar-refractivity contribution is 5.87. The van der Waals surface area contributed by atoms with Crippen LogP contribution in [0.1, 0.15) is 32.6 Å². The molecule has 0 heterocycles. The fourth-order valence-electron chi connectivity index (χ4n) is 1.83. The number of hydrogen-bond acceptors (Lipinski definition) is 1. The first-order valence-corrected chi connectivity index (χ1v) is 4.65. The molecule has 1 saturated carbocycles. The lowest BCUT2D eigenvalue weighted by molar-refractivity contribution is -0.117. The molecule has 0 aliphatic heterocycles. The highest BCUT2D eigenvalue weighted by Crippen LogP contribution is 2.23. The van der Waals surface area contributed by atoms with E-state index in [2.05, 4.69) is 18.8 Å². The maximum atomic E-state index is 11.0. The summed E-state index contributed by atoms with van der Waals surface area (Å²) < 4.78 is 0. The fourth-order valence-corrected chi connectivity index (χ4v) is 1.83. The summed E-state index contributed by atoms with van der Waals surface area (Å²) in [5.74, 6) is 0.725. The molecule has 1 N–H and O–H groups in total. The topological polar surface area (TPSA) is 29.1 Å². The Bertz CT molecular complexity index is 177. The van der Waals surface area contributed by atoms with Crippen LogP contribution in [0.5, 0.6) is 0 Å². The van der Waals surface area contributed by atoms with Crippen molar-refractivity contribution < 1.29 is 4.79 Å². The zero-order chi connectivity index (χ0) is 8.97. The maximum absolute atomic E-state index is 11.0. The van der Waals surface area contributed by atoms with Gasteiger partial charge in [-0.25, -0.2) is 0 Å². The molecule has 2 atom stereocenters. The van der Waals surface area contributed by atoms with Gasteiger partial charge in [-0.15, -0.1) is 0 Å². The molecular formula is C10H17NO. The van der Waals surface area contributed by atoms with Gasteiger partial charge in [0, 0.05) is 6.04 Å². The molecule has 68 valence electrons. The standard InChI is InChI=1S/C10H17NO/c1-3-10(12)11-9-6-4-5-8(2)7-9/h3,8-9H,1,4-7H2,2H3,(H,11,12)/t8-,9?/m1/s1. The molecule has 2 nitrogen and oxygen atoms in total. The largest absolute Gasteiger partial charge is 0.350 e. The quantitative estimate of drug-likeness (QED) is 0.625. The van der Waals surface area contributed by atoms with E-state index < -0.39 is 0 Å². The Balaban J connectivity index is 2.31. The third-order valence-electron chi connectivity index (χ3n) is 2.47. The summed E-state index contributed by atoms with van der Waals surface area (Å²) in [5, 5.41) is 2.94. The number of nitrogens with one attached hydrogen (secondary N) is 1. The highest BCUT2D eigenvalue weighted by Gasteiger charge is 2.19. The van der Waals surface area contributed by atoms with Crippen molar-refractivity contribution in [1.29, 1.82) is 0 Å². The van der Waals surface area contributed by atoms with E-state index in [-0.39, 0.29) is 5.91 Å². The van der Waals surface area contributed by atoms with Crippen molar-refractivity contribution in [2.45, 2.75) is 38.6 Å². The van der Waals surface area contributed by atoms with E-state index in [1.165, 1.54) is 18.9 Å². The van der Waals surface area contributed by atoms with Crippen LogP contribution in [-0.4, -0.2) is 11.9 Å². The van der Waals surface area contributed by atoms with Crippen LogP contribution in [0.25, 0.3) is 0 Å². The summed E-state index contributed by atoms with van der Waals surface area (Å²) in [6.07, 6.45) is 6.15. The molecule has 0 spiro atoms. The van der Waals surface area contributed by atoms with E-state index in [1.54, 1.807) is 0 Å². The van der Waals surface area contributed by atoms with Gasteiger partial charge in [0.25, 0.3) is 0 Å². The molecular weight excluding hydrogens is 150 g/mol. The average molecular weight is 167 g/mol. The normalized spacial score (nSPS) is 29.4. The first-order valence-electron chi connectivity index (χ1n) is 4.65. The van der Waals surface area contributed by atoms with Gasteiger partial charge in [-0.3, -0.25) is 4.79 Å². The molecule has 1 fully saturated rings. The predicted molar refractivity (Wildman–Crippen MR) is 49.8 cm³/mol. The minimum atomic E-state index is -0.0332. The molecule has 0 aromatic carbocycles. The Kier molecular flexibility index (Phi) is 3.32. The first-order chi connectivity index (χ1) is 5.72. The van der Waals surface area contributed by atoms with E-state index >= 15 is 0 Å². The minimum Gasteiger partial charge on any atom is -0.350 e. The van der Waals surface area contributed by atoms with Crippen molar-refractivity contribution in [3.63, 3.8) is 0 Å². The van der Waals surface area contributed by atoms with E-state index in [0.29, 0.717) is 6.04 Å². The molecule has 0 saturated heterocycles. The summed E-state index contributed by atoms with van der Waals surface area (Å²) in [4.78, 5) is 11.0. The van der Waals surface area contributed by atoms with Crippen LogP contribution in [-0.2, 0) is 4.79 Å². The third kappa shape index (κ3) is 2.68. The molecule has 0 radical (unpaired) electrons. The lowest BCUT2D eigenvalue weighted by Crippen LogP contribution is -2.36. The summed E-state index contributed by atoms with van der Waals surface area (Å²) in [6, 6.07) is 0.388. The third-order valence-corrected chi connectivity index (χ3v) is 2.47. The molecule has 0 bridgehead atoms. The van der Waals surface area contributed by atoms with Gasteiger partial charge in [0.2, 0.25) is 5.91 Å². The van der Waals surface area contributed by atoms with Crippen molar-refractivity contribution in [2.75, 3.05) is 0 Å². The molecule has 1 aliphatic carbocycles. The van der Waals surface area contributed by atoms with Crippen molar-refractivity contribution in [3.05, 3.63) is 12.7 Å². The van der Waals surface area contributed by atoms with Crippen LogP contribution in [0.3, 0.4) is 0 Å². The maximum Gasteiger partial charge on any atom is 0.243 e. The number of rotatable bonds is 2. The van der Waals surface area contributed by atoms with Gasteiger partial charge in [0.1, 0.15) is 0 Å².